The van der Waals surface area contributed by atoms with Crippen molar-refractivity contribution in [2.75, 3.05) is 12.3 Å². The Kier molecular flexibility index (Phi) is 4.34. The third-order valence-corrected chi connectivity index (χ3v) is 2.85. The summed E-state index contributed by atoms with van der Waals surface area (Å²) >= 11 is 6.15. The highest BCUT2D eigenvalue weighted by Gasteiger charge is 2.12. The first-order valence-corrected chi connectivity index (χ1v) is 6.39. The lowest BCUT2D eigenvalue weighted by Crippen LogP contribution is -2.12. The molecule has 0 aliphatic heterocycles. The van der Waals surface area contributed by atoms with Gasteiger partial charge in [0.25, 0.3) is 0 Å². The molecule has 0 radical (unpaired) electrons. The third kappa shape index (κ3) is 3.42. The van der Waals surface area contributed by atoms with Crippen LogP contribution in [0.15, 0.2) is 18.2 Å². The number of tetrazole rings is 1. The van der Waals surface area contributed by atoms with Gasteiger partial charge < -0.3 is 10.5 Å². The van der Waals surface area contributed by atoms with Gasteiger partial charge in [-0.25, -0.2) is 4.68 Å². The molecule has 6 nitrogen and oxygen atoms in total. The number of hydrogen-bond acceptors (Lipinski definition) is 5. The Hall–Kier alpha value is -1.66. The lowest BCUT2D eigenvalue weighted by Gasteiger charge is -2.09. The smallest absolute Gasteiger partial charge is 0.183 e. The molecular weight excluding hydrogens is 266 g/mol. The fraction of sp³-hybridized carbons (Fsp3) is 0.417. The van der Waals surface area contributed by atoms with Crippen molar-refractivity contribution in [2.24, 2.45) is 0 Å². The van der Waals surface area contributed by atoms with Crippen LogP contribution >= 0.6 is 11.6 Å². The van der Waals surface area contributed by atoms with E-state index in [1.807, 2.05) is 13.8 Å². The highest BCUT2D eigenvalue weighted by atomic mass is 35.5. The summed E-state index contributed by atoms with van der Waals surface area (Å²) in [6, 6.07) is 5.23. The molecular formula is C12H16ClN5O. The summed E-state index contributed by atoms with van der Waals surface area (Å²) in [5.74, 6) is 0.588. The van der Waals surface area contributed by atoms with Gasteiger partial charge in [-0.05, 0) is 42.5 Å². The SMILES string of the molecule is CC(C)OCCn1nnnc1-c1cc(N)ccc1Cl. The van der Waals surface area contributed by atoms with Gasteiger partial charge in [0, 0.05) is 11.3 Å². The first kappa shape index (κ1) is 13.8. The number of benzene rings is 1. The van der Waals surface area contributed by atoms with Gasteiger partial charge in [-0.15, -0.1) is 5.10 Å². The summed E-state index contributed by atoms with van der Waals surface area (Å²) in [4.78, 5) is 0. The van der Waals surface area contributed by atoms with E-state index in [1.54, 1.807) is 22.9 Å². The van der Waals surface area contributed by atoms with Crippen LogP contribution in [0.25, 0.3) is 11.4 Å². The topological polar surface area (TPSA) is 78.8 Å². The van der Waals surface area contributed by atoms with Gasteiger partial charge in [-0.2, -0.15) is 0 Å². The van der Waals surface area contributed by atoms with Crippen LogP contribution in [0.1, 0.15) is 13.8 Å². The molecule has 0 aliphatic carbocycles. The number of hydrogen-bond donors (Lipinski definition) is 1. The number of nitrogen functional groups attached to an aromatic ring is 1. The van der Waals surface area contributed by atoms with E-state index in [2.05, 4.69) is 15.5 Å². The van der Waals surface area contributed by atoms with Crippen LogP contribution < -0.4 is 5.73 Å². The maximum absolute atomic E-state index is 6.15. The maximum Gasteiger partial charge on any atom is 0.183 e. The second-order valence-corrected chi connectivity index (χ2v) is 4.79. The zero-order valence-corrected chi connectivity index (χ0v) is 11.6. The molecule has 0 spiro atoms. The van der Waals surface area contributed by atoms with E-state index in [9.17, 15) is 0 Å². The van der Waals surface area contributed by atoms with Gasteiger partial charge in [-0.1, -0.05) is 11.6 Å². The number of aromatic nitrogens is 4. The summed E-state index contributed by atoms with van der Waals surface area (Å²) < 4.78 is 7.14. The number of rotatable bonds is 5. The first-order chi connectivity index (χ1) is 9.08. The van der Waals surface area contributed by atoms with Crippen molar-refractivity contribution in [1.29, 1.82) is 0 Å². The molecule has 0 fully saturated rings. The molecule has 102 valence electrons. The van der Waals surface area contributed by atoms with Crippen LogP contribution in [-0.4, -0.2) is 32.9 Å². The van der Waals surface area contributed by atoms with E-state index in [1.165, 1.54) is 0 Å². The van der Waals surface area contributed by atoms with Gasteiger partial charge in [-0.3, -0.25) is 0 Å². The minimum Gasteiger partial charge on any atom is -0.399 e. The average Bonchev–Trinajstić information content (AvgIpc) is 2.80. The Labute approximate surface area is 116 Å². The molecule has 0 unspecified atom stereocenters. The average molecular weight is 282 g/mol. The number of ether oxygens (including phenoxy) is 1. The zero-order valence-electron chi connectivity index (χ0n) is 10.9. The van der Waals surface area contributed by atoms with Crippen LogP contribution in [0, 0.1) is 0 Å². The molecule has 2 aromatic rings. The second kappa shape index (κ2) is 5.99. The summed E-state index contributed by atoms with van der Waals surface area (Å²) in [5, 5.41) is 12.2. The number of nitrogens with two attached hydrogens (primary N) is 1. The lowest BCUT2D eigenvalue weighted by molar-refractivity contribution is 0.0709. The molecule has 2 rings (SSSR count). The van der Waals surface area contributed by atoms with Crippen LogP contribution in [0.2, 0.25) is 5.02 Å². The van der Waals surface area contributed by atoms with Gasteiger partial charge in [0.05, 0.1) is 24.3 Å². The van der Waals surface area contributed by atoms with Crippen LogP contribution in [0.3, 0.4) is 0 Å². The van der Waals surface area contributed by atoms with E-state index in [-0.39, 0.29) is 6.10 Å². The third-order valence-electron chi connectivity index (χ3n) is 2.52. The van der Waals surface area contributed by atoms with Crippen molar-refractivity contribution < 1.29 is 4.74 Å². The van der Waals surface area contributed by atoms with Gasteiger partial charge in [0.15, 0.2) is 5.82 Å². The normalized spacial score (nSPS) is 11.2. The molecule has 0 atom stereocenters. The molecule has 2 N–H and O–H groups in total. The molecule has 0 saturated carbocycles. The number of halogens is 1. The molecule has 0 aliphatic rings. The quantitative estimate of drug-likeness (QED) is 0.848. The van der Waals surface area contributed by atoms with E-state index < -0.39 is 0 Å². The van der Waals surface area contributed by atoms with Crippen molar-refractivity contribution in [3.05, 3.63) is 23.2 Å². The molecule has 1 heterocycles. The Morgan fingerprint density at radius 3 is 2.95 bits per heavy atom. The summed E-state index contributed by atoms with van der Waals surface area (Å²) in [6.07, 6.45) is 0.177. The van der Waals surface area contributed by atoms with Crippen molar-refractivity contribution in [1.82, 2.24) is 20.2 Å². The van der Waals surface area contributed by atoms with Crippen molar-refractivity contribution in [3.63, 3.8) is 0 Å². The predicted molar refractivity (Wildman–Crippen MR) is 73.8 cm³/mol. The van der Waals surface area contributed by atoms with Crippen molar-refractivity contribution >= 4 is 17.3 Å². The van der Waals surface area contributed by atoms with E-state index in [0.29, 0.717) is 29.7 Å². The molecule has 1 aromatic heterocycles. The predicted octanol–water partition coefficient (Wildman–Crippen LogP) is 2.00. The highest BCUT2D eigenvalue weighted by molar-refractivity contribution is 6.33. The molecule has 19 heavy (non-hydrogen) atoms. The highest BCUT2D eigenvalue weighted by Crippen LogP contribution is 2.27. The minimum absolute atomic E-state index is 0.177. The van der Waals surface area contributed by atoms with Gasteiger partial charge >= 0.3 is 0 Å². The van der Waals surface area contributed by atoms with Gasteiger partial charge in [0.1, 0.15) is 0 Å². The summed E-state index contributed by atoms with van der Waals surface area (Å²) in [6.45, 7) is 5.06. The summed E-state index contributed by atoms with van der Waals surface area (Å²) in [7, 11) is 0. The molecule has 1 aromatic carbocycles. The van der Waals surface area contributed by atoms with Crippen molar-refractivity contribution in [2.45, 2.75) is 26.5 Å². The maximum atomic E-state index is 6.15. The van der Waals surface area contributed by atoms with E-state index in [4.69, 9.17) is 22.1 Å². The first-order valence-electron chi connectivity index (χ1n) is 6.01. The second-order valence-electron chi connectivity index (χ2n) is 4.38. The minimum atomic E-state index is 0.177. The fourth-order valence-electron chi connectivity index (χ4n) is 1.64. The van der Waals surface area contributed by atoms with Gasteiger partial charge in [0.2, 0.25) is 0 Å². The lowest BCUT2D eigenvalue weighted by atomic mass is 10.2. The molecule has 7 heteroatoms. The van der Waals surface area contributed by atoms with E-state index >= 15 is 0 Å². The Bertz CT molecular complexity index is 555. The van der Waals surface area contributed by atoms with Crippen molar-refractivity contribution in [3.8, 4) is 11.4 Å². The van der Waals surface area contributed by atoms with Crippen LogP contribution in [0.5, 0.6) is 0 Å². The fourth-order valence-corrected chi connectivity index (χ4v) is 1.84. The molecule has 0 saturated heterocycles. The van der Waals surface area contributed by atoms with E-state index in [0.717, 1.165) is 5.56 Å². The molecule has 0 amide bonds. The molecule has 0 bridgehead atoms. The van der Waals surface area contributed by atoms with Crippen LogP contribution in [0.4, 0.5) is 5.69 Å². The Morgan fingerprint density at radius 1 is 1.42 bits per heavy atom. The van der Waals surface area contributed by atoms with Crippen LogP contribution in [-0.2, 0) is 11.3 Å². The largest absolute Gasteiger partial charge is 0.399 e. The number of nitrogens with zero attached hydrogens (tertiary/aromatic N) is 4. The Balaban J connectivity index is 2.21. The number of anilines is 1. The summed E-state index contributed by atoms with van der Waals surface area (Å²) in [5.41, 5.74) is 7.10. The zero-order chi connectivity index (χ0) is 13.8. The monoisotopic (exact) mass is 281 g/mol. The standard InChI is InChI=1S/C12H16ClN5O/c1-8(2)19-6-5-18-12(15-16-17-18)10-7-9(14)3-4-11(10)13/h3-4,7-8H,5-6,14H2,1-2H3. The Morgan fingerprint density at radius 2 is 2.21 bits per heavy atom.